The molecule has 0 saturated carbocycles. The summed E-state index contributed by atoms with van der Waals surface area (Å²) in [7, 11) is 0. The number of benzene rings is 2. The summed E-state index contributed by atoms with van der Waals surface area (Å²) in [6.45, 7) is 3.67. The van der Waals surface area contributed by atoms with E-state index in [1.165, 1.54) is 6.07 Å². The van der Waals surface area contributed by atoms with Crippen LogP contribution >= 0.6 is 11.6 Å². The molecule has 30 heavy (non-hydrogen) atoms. The van der Waals surface area contributed by atoms with Gasteiger partial charge in [0.1, 0.15) is 16.7 Å². The number of aromatic amines is 1. The van der Waals surface area contributed by atoms with E-state index in [2.05, 4.69) is 10.3 Å². The number of hydrogen-bond acceptors (Lipinski definition) is 3. The Bertz CT molecular complexity index is 1170. The van der Waals surface area contributed by atoms with Gasteiger partial charge in [-0.2, -0.15) is 13.2 Å². The molecule has 1 aromatic heterocycles. The minimum absolute atomic E-state index is 0.0311. The summed E-state index contributed by atoms with van der Waals surface area (Å²) in [4.78, 5) is 26.6. The van der Waals surface area contributed by atoms with E-state index < -0.39 is 23.2 Å². The highest BCUT2D eigenvalue weighted by Crippen LogP contribution is 2.35. The van der Waals surface area contributed by atoms with Gasteiger partial charge in [0, 0.05) is 11.8 Å². The van der Waals surface area contributed by atoms with Crippen molar-refractivity contribution in [2.75, 3.05) is 5.32 Å². The number of anilines is 1. The fourth-order valence-electron chi connectivity index (χ4n) is 2.78. The van der Waals surface area contributed by atoms with Gasteiger partial charge in [0.25, 0.3) is 11.5 Å². The van der Waals surface area contributed by atoms with E-state index in [4.69, 9.17) is 16.3 Å². The number of ether oxygens (including phenoxy) is 1. The zero-order valence-corrected chi connectivity index (χ0v) is 16.6. The molecule has 9 heteroatoms. The molecule has 0 saturated heterocycles. The van der Waals surface area contributed by atoms with E-state index in [9.17, 15) is 22.8 Å². The SMILES string of the molecule is Cc1ccc(Oc2ccc(C(F)(F)F)cc2C(=O)Nc2cc(Cl)[nH]c(=O)c2)c(C)c1. The molecule has 5 nitrogen and oxygen atoms in total. The van der Waals surface area contributed by atoms with Crippen LogP contribution in [0.5, 0.6) is 11.5 Å². The standard InChI is InChI=1S/C21H16ClF3N2O3/c1-11-3-5-16(12(2)7-11)30-17-6-4-13(21(23,24)25)8-15(17)20(29)26-14-9-18(22)27-19(28)10-14/h3-10H,1-2H3,(H2,26,27,28,29). The molecule has 0 bridgehead atoms. The largest absolute Gasteiger partial charge is 0.456 e. The van der Waals surface area contributed by atoms with Gasteiger partial charge < -0.3 is 15.0 Å². The average molecular weight is 437 g/mol. The maximum atomic E-state index is 13.2. The van der Waals surface area contributed by atoms with Crippen molar-refractivity contribution in [1.29, 1.82) is 0 Å². The van der Waals surface area contributed by atoms with Crippen LogP contribution in [0.25, 0.3) is 0 Å². The van der Waals surface area contributed by atoms with Gasteiger partial charge in [-0.15, -0.1) is 0 Å². The van der Waals surface area contributed by atoms with E-state index >= 15 is 0 Å². The Morgan fingerprint density at radius 1 is 1.03 bits per heavy atom. The maximum absolute atomic E-state index is 13.2. The number of hydrogen-bond donors (Lipinski definition) is 2. The Morgan fingerprint density at radius 3 is 2.37 bits per heavy atom. The van der Waals surface area contributed by atoms with Crippen LogP contribution in [0.4, 0.5) is 18.9 Å². The normalized spacial score (nSPS) is 11.3. The van der Waals surface area contributed by atoms with Crippen molar-refractivity contribution in [2.45, 2.75) is 20.0 Å². The predicted molar refractivity (Wildman–Crippen MR) is 107 cm³/mol. The monoisotopic (exact) mass is 436 g/mol. The number of rotatable bonds is 4. The molecule has 0 aliphatic heterocycles. The molecule has 3 rings (SSSR count). The molecule has 0 atom stereocenters. The Labute approximate surface area is 174 Å². The first-order valence-electron chi connectivity index (χ1n) is 8.70. The number of pyridine rings is 1. The molecule has 0 aliphatic rings. The average Bonchev–Trinajstić information content (AvgIpc) is 2.62. The zero-order valence-electron chi connectivity index (χ0n) is 15.9. The second-order valence-corrected chi connectivity index (χ2v) is 7.02. The van der Waals surface area contributed by atoms with Gasteiger partial charge in [0.05, 0.1) is 11.1 Å². The van der Waals surface area contributed by atoms with Crippen LogP contribution in [-0.4, -0.2) is 10.9 Å². The van der Waals surface area contributed by atoms with Crippen LogP contribution in [0.1, 0.15) is 27.0 Å². The summed E-state index contributed by atoms with van der Waals surface area (Å²) >= 11 is 5.75. The summed E-state index contributed by atoms with van der Waals surface area (Å²) in [5.74, 6) is -0.556. The first-order valence-corrected chi connectivity index (χ1v) is 9.08. The van der Waals surface area contributed by atoms with Gasteiger partial charge >= 0.3 is 6.18 Å². The summed E-state index contributed by atoms with van der Waals surface area (Å²) in [5.41, 5.74) is -0.165. The highest BCUT2D eigenvalue weighted by atomic mass is 35.5. The Morgan fingerprint density at radius 2 is 1.73 bits per heavy atom. The second kappa shape index (κ2) is 8.23. The number of carbonyl (C=O) groups is 1. The van der Waals surface area contributed by atoms with Gasteiger partial charge in [-0.1, -0.05) is 29.3 Å². The lowest BCUT2D eigenvalue weighted by molar-refractivity contribution is -0.137. The molecule has 0 aliphatic carbocycles. The molecule has 0 spiro atoms. The van der Waals surface area contributed by atoms with Gasteiger partial charge in [0.2, 0.25) is 0 Å². The number of halogens is 4. The van der Waals surface area contributed by atoms with Gasteiger partial charge in [-0.05, 0) is 49.7 Å². The van der Waals surface area contributed by atoms with Crippen LogP contribution < -0.4 is 15.6 Å². The number of nitrogens with one attached hydrogen (secondary N) is 2. The third kappa shape index (κ3) is 5.01. The van der Waals surface area contributed by atoms with Gasteiger partial charge in [-0.25, -0.2) is 0 Å². The van der Waals surface area contributed by atoms with Crippen LogP contribution in [0.15, 0.2) is 53.3 Å². The van der Waals surface area contributed by atoms with Crippen molar-refractivity contribution < 1.29 is 22.7 Å². The molecule has 1 amide bonds. The van der Waals surface area contributed by atoms with Crippen molar-refractivity contribution in [3.8, 4) is 11.5 Å². The molecule has 2 aromatic carbocycles. The fourth-order valence-corrected chi connectivity index (χ4v) is 3.00. The first-order chi connectivity index (χ1) is 14.0. The lowest BCUT2D eigenvalue weighted by Gasteiger charge is -2.16. The second-order valence-electron chi connectivity index (χ2n) is 6.62. The number of alkyl halides is 3. The van der Waals surface area contributed by atoms with Crippen LogP contribution in [0, 0.1) is 13.8 Å². The summed E-state index contributed by atoms with van der Waals surface area (Å²) in [5, 5.41) is 2.34. The highest BCUT2D eigenvalue weighted by Gasteiger charge is 2.32. The van der Waals surface area contributed by atoms with E-state index in [1.807, 2.05) is 13.0 Å². The Hall–Kier alpha value is -3.26. The topological polar surface area (TPSA) is 71.2 Å². The highest BCUT2D eigenvalue weighted by molar-refractivity contribution is 6.29. The predicted octanol–water partition coefficient (Wildman–Crippen LogP) is 5.71. The van der Waals surface area contributed by atoms with Gasteiger partial charge in [0.15, 0.2) is 0 Å². The van der Waals surface area contributed by atoms with Crippen molar-refractivity contribution in [2.24, 2.45) is 0 Å². The molecular weight excluding hydrogens is 421 g/mol. The number of aryl methyl sites for hydroxylation is 2. The van der Waals surface area contributed by atoms with E-state index in [1.54, 1.807) is 19.1 Å². The summed E-state index contributed by atoms with van der Waals surface area (Å²) in [6.07, 6.45) is -4.65. The quantitative estimate of drug-likeness (QED) is 0.515. The number of H-pyrrole nitrogens is 1. The molecule has 0 unspecified atom stereocenters. The molecule has 2 N–H and O–H groups in total. The molecule has 0 radical (unpaired) electrons. The summed E-state index contributed by atoms with van der Waals surface area (Å²) in [6, 6.07) is 10.2. The molecular formula is C21H16ClF3N2O3. The molecule has 3 aromatic rings. The number of carbonyl (C=O) groups excluding carboxylic acids is 1. The van der Waals surface area contributed by atoms with E-state index in [0.717, 1.165) is 29.3 Å². The summed E-state index contributed by atoms with van der Waals surface area (Å²) < 4.78 is 45.3. The van der Waals surface area contributed by atoms with Crippen LogP contribution in [0.3, 0.4) is 0 Å². The minimum atomic E-state index is -4.65. The minimum Gasteiger partial charge on any atom is -0.456 e. The van der Waals surface area contributed by atoms with Crippen molar-refractivity contribution in [1.82, 2.24) is 4.98 Å². The maximum Gasteiger partial charge on any atom is 0.416 e. The van der Waals surface area contributed by atoms with Crippen LogP contribution in [-0.2, 0) is 6.18 Å². The van der Waals surface area contributed by atoms with Crippen molar-refractivity contribution >= 4 is 23.2 Å². The lowest BCUT2D eigenvalue weighted by Crippen LogP contribution is -2.17. The zero-order chi connectivity index (χ0) is 22.1. The Balaban J connectivity index is 2.02. The number of aromatic nitrogens is 1. The number of amides is 1. The van der Waals surface area contributed by atoms with E-state index in [-0.39, 0.29) is 22.2 Å². The first kappa shape index (κ1) is 21.4. The molecule has 1 heterocycles. The van der Waals surface area contributed by atoms with Crippen molar-refractivity contribution in [3.05, 3.63) is 86.3 Å². The third-order valence-corrected chi connectivity index (χ3v) is 4.37. The van der Waals surface area contributed by atoms with Crippen LogP contribution in [0.2, 0.25) is 5.15 Å². The van der Waals surface area contributed by atoms with Crippen molar-refractivity contribution in [3.63, 3.8) is 0 Å². The molecule has 156 valence electrons. The Kier molecular flexibility index (Phi) is 5.89. The lowest BCUT2D eigenvalue weighted by atomic mass is 10.1. The third-order valence-electron chi connectivity index (χ3n) is 4.17. The smallest absolute Gasteiger partial charge is 0.416 e. The molecule has 0 fully saturated rings. The van der Waals surface area contributed by atoms with Gasteiger partial charge in [-0.3, -0.25) is 9.59 Å². The van der Waals surface area contributed by atoms with E-state index in [0.29, 0.717) is 11.8 Å². The fraction of sp³-hybridized carbons (Fsp3) is 0.143.